The lowest BCUT2D eigenvalue weighted by Crippen LogP contribution is -2.38. The van der Waals surface area contributed by atoms with Crippen molar-refractivity contribution in [1.29, 1.82) is 0 Å². The van der Waals surface area contributed by atoms with E-state index in [9.17, 15) is 14.4 Å². The Labute approximate surface area is 239 Å². The fourth-order valence-corrected chi connectivity index (χ4v) is 6.10. The Bertz CT molecular complexity index is 1380. The van der Waals surface area contributed by atoms with Crippen LogP contribution >= 0.6 is 0 Å². The Hall–Kier alpha value is -4.05. The van der Waals surface area contributed by atoms with Gasteiger partial charge in [0.25, 0.3) is 0 Å². The number of aryl methyl sites for hydroxylation is 1. The molecule has 2 aliphatic rings. The van der Waals surface area contributed by atoms with Crippen LogP contribution in [0.1, 0.15) is 74.6 Å². The van der Waals surface area contributed by atoms with Crippen molar-refractivity contribution >= 4 is 23.4 Å². The fourth-order valence-electron chi connectivity index (χ4n) is 6.10. The topological polar surface area (TPSA) is 138 Å². The molecule has 3 aromatic rings. The summed E-state index contributed by atoms with van der Waals surface area (Å²) in [5.41, 5.74) is 8.18. The van der Waals surface area contributed by atoms with E-state index in [0.717, 1.165) is 50.6 Å². The molecule has 2 aliphatic carbocycles. The highest BCUT2D eigenvalue weighted by molar-refractivity contribution is 5.91. The van der Waals surface area contributed by atoms with Gasteiger partial charge in [0, 0.05) is 31.0 Å². The average Bonchev–Trinajstić information content (AvgIpc) is 3.61. The summed E-state index contributed by atoms with van der Waals surface area (Å²) >= 11 is 0. The zero-order chi connectivity index (χ0) is 28.6. The van der Waals surface area contributed by atoms with Crippen molar-refractivity contribution in [1.82, 2.24) is 25.8 Å². The minimum absolute atomic E-state index is 0.00940. The maximum Gasteiger partial charge on any atom is 0.244 e. The number of rotatable bonds is 12. The lowest BCUT2D eigenvalue weighted by Gasteiger charge is -2.28. The number of amides is 3. The van der Waals surface area contributed by atoms with Crippen LogP contribution in [0.4, 0.5) is 5.69 Å². The molecule has 1 unspecified atom stereocenters. The van der Waals surface area contributed by atoms with Crippen LogP contribution in [-0.4, -0.2) is 37.9 Å². The summed E-state index contributed by atoms with van der Waals surface area (Å²) in [6, 6.07) is 14.5. The number of carbonyl (C=O) groups is 3. The van der Waals surface area contributed by atoms with Crippen LogP contribution in [0.2, 0.25) is 0 Å². The van der Waals surface area contributed by atoms with Gasteiger partial charge in [-0.3, -0.25) is 24.3 Å². The number of anilines is 1. The molecular formula is C31H38N6O4. The van der Waals surface area contributed by atoms with E-state index in [1.54, 1.807) is 16.4 Å². The Kier molecular flexibility index (Phi) is 9.40. The number of nitrogens with one attached hydrogen (secondary N) is 3. The third kappa shape index (κ3) is 7.38. The van der Waals surface area contributed by atoms with Gasteiger partial charge in [0.1, 0.15) is 5.69 Å². The summed E-state index contributed by atoms with van der Waals surface area (Å²) in [4.78, 5) is 37.2. The van der Waals surface area contributed by atoms with Gasteiger partial charge in [-0.15, -0.1) is 5.10 Å². The first-order valence-corrected chi connectivity index (χ1v) is 14.6. The van der Waals surface area contributed by atoms with Crippen molar-refractivity contribution in [2.24, 2.45) is 11.8 Å². The molecule has 1 heterocycles. The molecule has 10 nitrogen and oxygen atoms in total. The Morgan fingerprint density at radius 3 is 2.61 bits per heavy atom. The van der Waals surface area contributed by atoms with Gasteiger partial charge in [-0.05, 0) is 72.4 Å². The number of hydroxylamine groups is 1. The molecule has 41 heavy (non-hydrogen) atoms. The number of aromatic nitrogens is 3. The molecule has 1 atom stereocenters. The maximum absolute atomic E-state index is 12.9. The molecule has 1 saturated carbocycles. The summed E-state index contributed by atoms with van der Waals surface area (Å²) < 4.78 is 1.72. The average molecular weight is 559 g/mol. The van der Waals surface area contributed by atoms with Crippen LogP contribution in [-0.2, 0) is 33.9 Å². The number of fused-ring (bicyclic) bond motifs is 3. The first-order valence-electron chi connectivity index (χ1n) is 14.6. The third-order valence-corrected chi connectivity index (χ3v) is 8.23. The molecule has 10 heteroatoms. The molecule has 2 aromatic carbocycles. The molecule has 0 aliphatic heterocycles. The quantitative estimate of drug-likeness (QED) is 0.116. The van der Waals surface area contributed by atoms with E-state index in [1.165, 1.54) is 22.3 Å². The van der Waals surface area contributed by atoms with E-state index in [-0.39, 0.29) is 30.7 Å². The molecule has 0 radical (unpaired) electrons. The molecule has 5 rings (SSSR count). The van der Waals surface area contributed by atoms with Crippen LogP contribution in [0.3, 0.4) is 0 Å². The van der Waals surface area contributed by atoms with Crippen LogP contribution in [0.5, 0.6) is 0 Å². The van der Waals surface area contributed by atoms with Crippen LogP contribution in [0.15, 0.2) is 48.7 Å². The van der Waals surface area contributed by atoms with Crippen LogP contribution in [0, 0.1) is 11.8 Å². The van der Waals surface area contributed by atoms with Crippen molar-refractivity contribution in [3.8, 4) is 11.1 Å². The number of hydrogen-bond acceptors (Lipinski definition) is 6. The highest BCUT2D eigenvalue weighted by Gasteiger charge is 2.31. The Morgan fingerprint density at radius 2 is 1.78 bits per heavy atom. The lowest BCUT2D eigenvalue weighted by atomic mass is 9.78. The van der Waals surface area contributed by atoms with Gasteiger partial charge in [0.2, 0.25) is 17.7 Å². The van der Waals surface area contributed by atoms with Gasteiger partial charge in [-0.1, -0.05) is 54.8 Å². The lowest BCUT2D eigenvalue weighted by molar-refractivity contribution is -0.136. The van der Waals surface area contributed by atoms with Crippen molar-refractivity contribution in [2.75, 3.05) is 5.32 Å². The molecule has 1 fully saturated rings. The Morgan fingerprint density at radius 1 is 0.976 bits per heavy atom. The minimum Gasteiger partial charge on any atom is -0.350 e. The number of benzene rings is 2. The van der Waals surface area contributed by atoms with Gasteiger partial charge in [0.05, 0.1) is 12.7 Å². The first-order chi connectivity index (χ1) is 20.0. The predicted octanol–water partition coefficient (Wildman–Crippen LogP) is 4.37. The highest BCUT2D eigenvalue weighted by Crippen LogP contribution is 2.37. The van der Waals surface area contributed by atoms with Gasteiger partial charge in [-0.2, -0.15) is 0 Å². The SMILES string of the molecule is O=C(CC(C(=O)NCc1cn(CCCCC(=O)Nc2ccc3c(c2)Cc2ccccc2-3)nn1)C1CCCCC1)NO. The second kappa shape index (κ2) is 13.5. The molecular weight excluding hydrogens is 520 g/mol. The van der Waals surface area contributed by atoms with Gasteiger partial charge < -0.3 is 10.6 Å². The van der Waals surface area contributed by atoms with Crippen molar-refractivity contribution in [3.63, 3.8) is 0 Å². The van der Waals surface area contributed by atoms with Gasteiger partial charge in [0.15, 0.2) is 0 Å². The van der Waals surface area contributed by atoms with Crippen LogP contribution in [0.25, 0.3) is 11.1 Å². The zero-order valence-electron chi connectivity index (χ0n) is 23.3. The first kappa shape index (κ1) is 28.5. The second-order valence-corrected chi connectivity index (χ2v) is 11.1. The number of nitrogens with zero attached hydrogens (tertiary/aromatic N) is 3. The fraction of sp³-hybridized carbons (Fsp3) is 0.452. The summed E-state index contributed by atoms with van der Waals surface area (Å²) in [5, 5.41) is 23.2. The highest BCUT2D eigenvalue weighted by atomic mass is 16.5. The largest absolute Gasteiger partial charge is 0.350 e. The Balaban J connectivity index is 1.03. The molecule has 0 bridgehead atoms. The van der Waals surface area contributed by atoms with Crippen molar-refractivity contribution in [3.05, 3.63) is 65.5 Å². The van der Waals surface area contributed by atoms with Gasteiger partial charge in [-0.25, -0.2) is 5.48 Å². The predicted molar refractivity (Wildman–Crippen MR) is 154 cm³/mol. The molecule has 0 spiro atoms. The van der Waals surface area contributed by atoms with E-state index >= 15 is 0 Å². The van der Waals surface area contributed by atoms with E-state index in [4.69, 9.17) is 5.21 Å². The molecule has 3 amide bonds. The summed E-state index contributed by atoms with van der Waals surface area (Å²) in [7, 11) is 0. The number of unbranched alkanes of at least 4 members (excludes halogenated alkanes) is 1. The monoisotopic (exact) mass is 558 g/mol. The molecule has 216 valence electrons. The number of hydrogen-bond donors (Lipinski definition) is 4. The van der Waals surface area contributed by atoms with E-state index < -0.39 is 11.8 Å². The summed E-state index contributed by atoms with van der Waals surface area (Å²) in [6.45, 7) is 0.837. The van der Waals surface area contributed by atoms with E-state index in [1.807, 2.05) is 6.07 Å². The normalized spacial score (nSPS) is 15.0. The summed E-state index contributed by atoms with van der Waals surface area (Å²) in [5.74, 6) is -1.10. The van der Waals surface area contributed by atoms with Crippen LogP contribution < -0.4 is 16.1 Å². The molecule has 0 saturated heterocycles. The second-order valence-electron chi connectivity index (χ2n) is 11.1. The maximum atomic E-state index is 12.9. The van der Waals surface area contributed by atoms with Gasteiger partial charge >= 0.3 is 0 Å². The summed E-state index contributed by atoms with van der Waals surface area (Å²) in [6.07, 6.45) is 9.61. The smallest absolute Gasteiger partial charge is 0.244 e. The van der Waals surface area contributed by atoms with E-state index in [2.05, 4.69) is 57.3 Å². The minimum atomic E-state index is -0.548. The zero-order valence-corrected chi connectivity index (χ0v) is 23.3. The van der Waals surface area contributed by atoms with Crippen molar-refractivity contribution in [2.45, 2.75) is 77.3 Å². The standard InChI is InChI=1S/C31H38N6O4/c38-29(33-24-13-14-27-23(17-24)16-22-10-4-5-11-26(22)27)12-6-7-15-37-20-25(34-36-37)19-32-31(40)28(18-30(39)35-41)21-8-2-1-3-9-21/h4-5,10-11,13-14,17,20-21,28,41H,1-3,6-9,12,15-16,18-19H2,(H,32,40)(H,33,38)(H,35,39). The molecule has 1 aromatic heterocycles. The molecule has 4 N–H and O–H groups in total. The van der Waals surface area contributed by atoms with E-state index in [0.29, 0.717) is 25.1 Å². The number of carbonyl (C=O) groups excluding carboxylic acids is 3. The third-order valence-electron chi connectivity index (χ3n) is 8.23. The van der Waals surface area contributed by atoms with Crippen molar-refractivity contribution < 1.29 is 19.6 Å².